The van der Waals surface area contributed by atoms with E-state index in [1.54, 1.807) is 0 Å². The number of hydrogen-bond donors (Lipinski definition) is 0. The third-order valence-electron chi connectivity index (χ3n) is 3.67. The maximum absolute atomic E-state index is 5.48. The first kappa shape index (κ1) is 9.04. The summed E-state index contributed by atoms with van der Waals surface area (Å²) in [6.07, 6.45) is 8.02. The molecular formula is C11H19NO. The molecule has 1 fully saturated rings. The van der Waals surface area contributed by atoms with Gasteiger partial charge in [-0.25, -0.2) is 0 Å². The average Bonchev–Trinajstić information content (AvgIpc) is 2.54. The van der Waals surface area contributed by atoms with Crippen molar-refractivity contribution in [3.05, 3.63) is 0 Å². The molecule has 2 nitrogen and oxygen atoms in total. The van der Waals surface area contributed by atoms with Crippen LogP contribution in [0.2, 0.25) is 0 Å². The summed E-state index contributed by atoms with van der Waals surface area (Å²) in [6, 6.07) is 0. The topological polar surface area (TPSA) is 21.6 Å². The number of rotatable bonds is 1. The molecule has 0 unspecified atom stereocenters. The second-order valence-electron chi connectivity index (χ2n) is 4.85. The van der Waals surface area contributed by atoms with Gasteiger partial charge in [0.15, 0.2) is 0 Å². The highest BCUT2D eigenvalue weighted by Crippen LogP contribution is 2.41. The van der Waals surface area contributed by atoms with Gasteiger partial charge in [0.1, 0.15) is 5.60 Å². The van der Waals surface area contributed by atoms with Gasteiger partial charge >= 0.3 is 0 Å². The smallest absolute Gasteiger partial charge is 0.142 e. The molecule has 0 amide bonds. The van der Waals surface area contributed by atoms with Crippen LogP contribution in [0.5, 0.6) is 0 Å². The molecule has 0 bridgehead atoms. The van der Waals surface area contributed by atoms with Crippen molar-refractivity contribution in [2.45, 2.75) is 51.6 Å². The van der Waals surface area contributed by atoms with Crippen LogP contribution in [-0.2, 0) is 4.84 Å². The van der Waals surface area contributed by atoms with E-state index >= 15 is 0 Å². The first-order chi connectivity index (χ1) is 6.22. The van der Waals surface area contributed by atoms with Crippen LogP contribution in [0.1, 0.15) is 46.0 Å². The molecular weight excluding hydrogens is 162 g/mol. The largest absolute Gasteiger partial charge is 0.389 e. The van der Waals surface area contributed by atoms with Gasteiger partial charge in [-0.3, -0.25) is 0 Å². The molecule has 1 heterocycles. The summed E-state index contributed by atoms with van der Waals surface area (Å²) in [4.78, 5) is 5.48. The summed E-state index contributed by atoms with van der Waals surface area (Å²) in [5, 5.41) is 3.91. The normalized spacial score (nSPS) is 38.5. The van der Waals surface area contributed by atoms with Crippen LogP contribution in [0, 0.1) is 11.8 Å². The van der Waals surface area contributed by atoms with Gasteiger partial charge in [-0.2, -0.15) is 0 Å². The molecule has 1 spiro atoms. The summed E-state index contributed by atoms with van der Waals surface area (Å²) in [7, 11) is 0. The van der Waals surface area contributed by atoms with Gasteiger partial charge in [0.2, 0.25) is 0 Å². The minimum atomic E-state index is 0.116. The lowest BCUT2D eigenvalue weighted by Gasteiger charge is -2.36. The Bertz CT molecular complexity index is 192. The van der Waals surface area contributed by atoms with Crippen molar-refractivity contribution in [1.29, 1.82) is 0 Å². The van der Waals surface area contributed by atoms with Crippen LogP contribution in [0.3, 0.4) is 0 Å². The fraction of sp³-hybridized carbons (Fsp3) is 0.909. The lowest BCUT2D eigenvalue weighted by molar-refractivity contribution is -0.0578. The first-order valence-corrected chi connectivity index (χ1v) is 5.42. The molecule has 74 valence electrons. The zero-order valence-corrected chi connectivity index (χ0v) is 8.62. The van der Waals surface area contributed by atoms with Gasteiger partial charge < -0.3 is 4.84 Å². The zero-order chi connectivity index (χ0) is 9.31. The highest BCUT2D eigenvalue weighted by Gasteiger charge is 2.39. The van der Waals surface area contributed by atoms with Crippen molar-refractivity contribution in [3.63, 3.8) is 0 Å². The number of oxime groups is 1. The molecule has 2 aliphatic rings. The fourth-order valence-corrected chi connectivity index (χ4v) is 2.52. The summed E-state index contributed by atoms with van der Waals surface area (Å²) >= 11 is 0. The molecule has 0 aromatic carbocycles. The van der Waals surface area contributed by atoms with Gasteiger partial charge in [-0.1, -0.05) is 19.0 Å². The molecule has 0 N–H and O–H groups in total. The second-order valence-corrected chi connectivity index (χ2v) is 4.85. The maximum Gasteiger partial charge on any atom is 0.142 e. The lowest BCUT2D eigenvalue weighted by atomic mass is 9.74. The molecule has 13 heavy (non-hydrogen) atoms. The number of hydrogen-bond acceptors (Lipinski definition) is 2. The van der Waals surface area contributed by atoms with Crippen molar-refractivity contribution in [3.8, 4) is 0 Å². The third-order valence-corrected chi connectivity index (χ3v) is 3.67. The van der Waals surface area contributed by atoms with Gasteiger partial charge in [0.25, 0.3) is 0 Å². The Hall–Kier alpha value is -0.530. The quantitative estimate of drug-likeness (QED) is 0.609. The summed E-state index contributed by atoms with van der Waals surface area (Å²) in [5.74, 6) is 1.74. The van der Waals surface area contributed by atoms with E-state index in [2.05, 4.69) is 19.0 Å². The zero-order valence-electron chi connectivity index (χ0n) is 8.62. The van der Waals surface area contributed by atoms with E-state index in [4.69, 9.17) is 4.84 Å². The van der Waals surface area contributed by atoms with Crippen LogP contribution in [-0.4, -0.2) is 11.8 Å². The van der Waals surface area contributed by atoms with Crippen LogP contribution in [0.4, 0.5) is 0 Å². The van der Waals surface area contributed by atoms with Crippen LogP contribution >= 0.6 is 0 Å². The van der Waals surface area contributed by atoms with Crippen molar-refractivity contribution in [1.82, 2.24) is 0 Å². The van der Waals surface area contributed by atoms with Crippen LogP contribution in [0.25, 0.3) is 0 Å². The first-order valence-electron chi connectivity index (χ1n) is 5.42. The van der Waals surface area contributed by atoms with Gasteiger partial charge in [-0.15, -0.1) is 0 Å². The summed E-state index contributed by atoms with van der Waals surface area (Å²) in [6.45, 7) is 4.66. The van der Waals surface area contributed by atoms with Crippen molar-refractivity contribution in [2.24, 2.45) is 17.0 Å². The van der Waals surface area contributed by atoms with Crippen molar-refractivity contribution in [2.75, 3.05) is 0 Å². The predicted molar refractivity (Wildman–Crippen MR) is 53.7 cm³/mol. The molecule has 2 heteroatoms. The highest BCUT2D eigenvalue weighted by atomic mass is 16.7. The monoisotopic (exact) mass is 181 g/mol. The van der Waals surface area contributed by atoms with E-state index < -0.39 is 0 Å². The minimum absolute atomic E-state index is 0.116. The Balaban J connectivity index is 1.89. The fourth-order valence-electron chi connectivity index (χ4n) is 2.52. The molecule has 1 saturated carbocycles. The van der Waals surface area contributed by atoms with Crippen LogP contribution < -0.4 is 0 Å². The highest BCUT2D eigenvalue weighted by molar-refractivity contribution is 5.59. The van der Waals surface area contributed by atoms with E-state index in [0.29, 0.717) is 0 Å². The van der Waals surface area contributed by atoms with Crippen molar-refractivity contribution >= 4 is 6.21 Å². The third kappa shape index (κ3) is 1.72. The van der Waals surface area contributed by atoms with Crippen molar-refractivity contribution < 1.29 is 4.84 Å². The summed E-state index contributed by atoms with van der Waals surface area (Å²) in [5.41, 5.74) is 0.116. The van der Waals surface area contributed by atoms with E-state index in [0.717, 1.165) is 18.3 Å². The second kappa shape index (κ2) is 3.32. The van der Waals surface area contributed by atoms with E-state index in [1.165, 1.54) is 25.7 Å². The molecule has 0 radical (unpaired) electrons. The SMILES string of the molecule is CC(C)C1CCC2(CC=NO2)CC1. The van der Waals surface area contributed by atoms with Gasteiger partial charge in [0, 0.05) is 12.6 Å². The van der Waals surface area contributed by atoms with E-state index in [-0.39, 0.29) is 5.60 Å². The minimum Gasteiger partial charge on any atom is -0.389 e. The standard InChI is InChI=1S/C11H19NO/c1-9(2)10-3-5-11(6-4-10)7-8-12-13-11/h8-10H,3-7H2,1-2H3. The Morgan fingerprint density at radius 1 is 1.38 bits per heavy atom. The molecule has 1 aliphatic carbocycles. The van der Waals surface area contributed by atoms with E-state index in [9.17, 15) is 0 Å². The Labute approximate surface area is 80.3 Å². The van der Waals surface area contributed by atoms with Crippen LogP contribution in [0.15, 0.2) is 5.16 Å². The molecule has 0 atom stereocenters. The Morgan fingerprint density at radius 2 is 2.08 bits per heavy atom. The Morgan fingerprint density at radius 3 is 2.54 bits per heavy atom. The molecule has 0 aromatic rings. The van der Waals surface area contributed by atoms with Gasteiger partial charge in [-0.05, 0) is 37.5 Å². The summed E-state index contributed by atoms with van der Waals surface area (Å²) < 4.78 is 0. The maximum atomic E-state index is 5.48. The molecule has 0 aromatic heterocycles. The van der Waals surface area contributed by atoms with Gasteiger partial charge in [0.05, 0.1) is 0 Å². The number of nitrogens with zero attached hydrogens (tertiary/aromatic N) is 1. The molecule has 2 rings (SSSR count). The molecule has 0 saturated heterocycles. The van der Waals surface area contributed by atoms with E-state index in [1.807, 2.05) is 6.21 Å². The predicted octanol–water partition coefficient (Wildman–Crippen LogP) is 2.98. The Kier molecular flexibility index (Phi) is 2.31. The average molecular weight is 181 g/mol. The lowest BCUT2D eigenvalue weighted by Crippen LogP contribution is -2.34. The molecule has 1 aliphatic heterocycles.